The Balaban J connectivity index is 0.997. The highest BCUT2D eigenvalue weighted by molar-refractivity contribution is 7.97. The van der Waals surface area contributed by atoms with E-state index in [2.05, 4.69) is 32.3 Å². The van der Waals surface area contributed by atoms with E-state index in [1.807, 2.05) is 47.6 Å². The van der Waals surface area contributed by atoms with Crippen molar-refractivity contribution in [2.75, 3.05) is 34.9 Å². The fourth-order valence-electron chi connectivity index (χ4n) is 8.26. The summed E-state index contributed by atoms with van der Waals surface area (Å²) in [5.74, 6) is 3.33. The van der Waals surface area contributed by atoms with Gasteiger partial charge in [-0.25, -0.2) is 9.97 Å². The van der Waals surface area contributed by atoms with Crippen LogP contribution in [0.2, 0.25) is 0 Å². The molecule has 222 valence electrons. The van der Waals surface area contributed by atoms with Crippen LogP contribution in [-0.4, -0.2) is 46.7 Å². The van der Waals surface area contributed by atoms with Gasteiger partial charge in [-0.3, -0.25) is 14.5 Å². The lowest BCUT2D eigenvalue weighted by atomic mass is 10.0. The normalized spacial score (nSPS) is 30.5. The van der Waals surface area contributed by atoms with Gasteiger partial charge in [0.15, 0.2) is 0 Å². The summed E-state index contributed by atoms with van der Waals surface area (Å²) >= 11 is 6.31. The first-order valence-electron chi connectivity index (χ1n) is 15.4. The summed E-state index contributed by atoms with van der Waals surface area (Å²) in [5, 5.41) is 6.06. The summed E-state index contributed by atoms with van der Waals surface area (Å²) in [6, 6.07) is 9.57. The van der Waals surface area contributed by atoms with E-state index in [0.717, 1.165) is 72.4 Å². The molecule has 5 heterocycles. The lowest BCUT2D eigenvalue weighted by molar-refractivity contribution is 0.0624. The first kappa shape index (κ1) is 27.1. The van der Waals surface area contributed by atoms with Crippen LogP contribution in [0.5, 0.6) is 0 Å². The number of carbonyl (C=O) groups excluding carboxylic acids is 1. The Morgan fingerprint density at radius 2 is 1.98 bits per heavy atom. The summed E-state index contributed by atoms with van der Waals surface area (Å²) in [6.07, 6.45) is 13.8. The number of thiol groups is 1. The number of rotatable bonds is 5. The second-order valence-corrected chi connectivity index (χ2v) is 15.0. The summed E-state index contributed by atoms with van der Waals surface area (Å²) in [4.78, 5) is 25.1. The molecule has 0 radical (unpaired) electrons. The Labute approximate surface area is 257 Å². The average molecular weight is 606 g/mol. The molecule has 1 saturated heterocycles. The number of hydrazine groups is 1. The molecule has 0 aromatic carbocycles. The molecule has 4 bridgehead atoms. The van der Waals surface area contributed by atoms with Crippen molar-refractivity contribution in [3.8, 4) is 0 Å². The zero-order valence-electron chi connectivity index (χ0n) is 24.0. The number of fused-ring (bicyclic) bond motifs is 7. The first-order chi connectivity index (χ1) is 20.4. The molecule has 8 rings (SSSR count). The molecule has 3 aliphatic carbocycles. The fraction of sp³-hybridized carbons (Fsp3) is 0.581. The van der Waals surface area contributed by atoms with Gasteiger partial charge in [-0.1, -0.05) is 6.07 Å². The van der Waals surface area contributed by atoms with Gasteiger partial charge in [-0.05, 0) is 111 Å². The van der Waals surface area contributed by atoms with E-state index in [1.165, 1.54) is 44.1 Å². The van der Waals surface area contributed by atoms with Crippen molar-refractivity contribution in [3.05, 3.63) is 48.2 Å². The zero-order valence-corrected chi connectivity index (χ0v) is 25.7. The number of anilines is 3. The van der Waals surface area contributed by atoms with E-state index in [4.69, 9.17) is 22.3 Å². The number of nitrogens with one attached hydrogen (secondary N) is 3. The molecule has 2 spiro atoms. The lowest BCUT2D eigenvalue weighted by Crippen LogP contribution is -2.40. The highest BCUT2D eigenvalue weighted by Crippen LogP contribution is 2.93. The van der Waals surface area contributed by atoms with E-state index in [9.17, 15) is 4.79 Å². The van der Waals surface area contributed by atoms with Crippen LogP contribution in [0.15, 0.2) is 47.6 Å². The number of ether oxygens (including phenoxy) is 1. The molecule has 11 heteroatoms. The van der Waals surface area contributed by atoms with Gasteiger partial charge in [0.25, 0.3) is 5.91 Å². The van der Waals surface area contributed by atoms with E-state index in [1.54, 1.807) is 0 Å². The number of carbonyl (C=O) groups is 1. The van der Waals surface area contributed by atoms with Crippen molar-refractivity contribution in [2.45, 2.75) is 74.4 Å². The van der Waals surface area contributed by atoms with Crippen molar-refractivity contribution in [1.29, 1.82) is 0 Å². The summed E-state index contributed by atoms with van der Waals surface area (Å²) in [5.41, 5.74) is 5.40. The maximum absolute atomic E-state index is 13.6. The quantitative estimate of drug-likeness (QED) is 0.266. The van der Waals surface area contributed by atoms with Gasteiger partial charge in [0.1, 0.15) is 28.7 Å². The topological polar surface area (TPSA) is 94.7 Å². The van der Waals surface area contributed by atoms with Crippen molar-refractivity contribution in [3.63, 3.8) is 0 Å². The van der Waals surface area contributed by atoms with E-state index in [0.29, 0.717) is 17.3 Å². The van der Waals surface area contributed by atoms with Crippen LogP contribution in [0.25, 0.3) is 0 Å². The molecule has 2 aromatic heterocycles. The van der Waals surface area contributed by atoms with Gasteiger partial charge in [0.05, 0.1) is 10.4 Å². The standard InChI is InChI=1S/C31H39N7O2S2/c1-29(41)18-20-4-3-15-32-23-5-2-6-26(33-23)42-36-28(39)21-7-8-24(34-27(21)37(29)19-20)38-16-9-25(35-38)40-17-10-22-30(11-12-30)31(22)13-14-31/h2,5-9,16,20,22,25,35,41H,3-4,10-15,17-19H2,1H3,(H,32,33)(H,36,39). The molecule has 9 nitrogen and oxygen atoms in total. The van der Waals surface area contributed by atoms with E-state index in [-0.39, 0.29) is 12.1 Å². The van der Waals surface area contributed by atoms with Crippen LogP contribution < -0.4 is 25.4 Å². The number of pyridine rings is 2. The highest BCUT2D eigenvalue weighted by Gasteiger charge is 2.85. The van der Waals surface area contributed by atoms with Gasteiger partial charge in [-0.2, -0.15) is 18.1 Å². The summed E-state index contributed by atoms with van der Waals surface area (Å²) in [7, 11) is 0. The summed E-state index contributed by atoms with van der Waals surface area (Å²) < 4.78 is 9.22. The van der Waals surface area contributed by atoms with Crippen LogP contribution >= 0.6 is 24.6 Å². The molecule has 3 aliphatic heterocycles. The molecule has 4 fully saturated rings. The molecule has 3 atom stereocenters. The predicted octanol–water partition coefficient (Wildman–Crippen LogP) is 5.35. The molecule has 42 heavy (non-hydrogen) atoms. The minimum Gasteiger partial charge on any atom is -0.370 e. The summed E-state index contributed by atoms with van der Waals surface area (Å²) in [6.45, 7) is 4.56. The van der Waals surface area contributed by atoms with Crippen LogP contribution in [-0.2, 0) is 4.74 Å². The SMILES string of the molecule is CC1(S)CC2CCCNc3cccc(n3)SNC(=O)c3ccc(N4C=CC(OCCC5C6(CC6)C56CC6)N4)nc3N1C2. The Morgan fingerprint density at radius 1 is 1.14 bits per heavy atom. The maximum Gasteiger partial charge on any atom is 0.265 e. The number of nitrogens with zero attached hydrogens (tertiary/aromatic N) is 4. The smallest absolute Gasteiger partial charge is 0.265 e. The molecule has 3 N–H and O–H groups in total. The van der Waals surface area contributed by atoms with Crippen LogP contribution in [0.1, 0.15) is 68.6 Å². The van der Waals surface area contributed by atoms with E-state index < -0.39 is 4.87 Å². The third kappa shape index (κ3) is 4.67. The van der Waals surface area contributed by atoms with Crippen LogP contribution in [0, 0.1) is 22.7 Å². The molecular weight excluding hydrogens is 567 g/mol. The minimum absolute atomic E-state index is 0.184. The zero-order chi connectivity index (χ0) is 28.5. The number of hydrogen-bond donors (Lipinski definition) is 4. The maximum atomic E-state index is 13.6. The predicted molar refractivity (Wildman–Crippen MR) is 168 cm³/mol. The molecule has 1 amide bonds. The fourth-order valence-corrected chi connectivity index (χ4v) is 9.29. The Kier molecular flexibility index (Phi) is 6.48. The van der Waals surface area contributed by atoms with Crippen molar-refractivity contribution >= 4 is 47.9 Å². The van der Waals surface area contributed by atoms with Gasteiger partial charge in [0.2, 0.25) is 0 Å². The molecule has 6 aliphatic rings. The third-order valence-corrected chi connectivity index (χ3v) is 11.7. The van der Waals surface area contributed by atoms with E-state index >= 15 is 0 Å². The Morgan fingerprint density at radius 3 is 2.79 bits per heavy atom. The third-order valence-electron chi connectivity index (χ3n) is 10.6. The second kappa shape index (κ2) is 10.0. The van der Waals surface area contributed by atoms with Gasteiger partial charge in [0, 0.05) is 37.8 Å². The first-order valence-corrected chi connectivity index (χ1v) is 16.7. The number of amides is 1. The van der Waals surface area contributed by atoms with Gasteiger partial charge >= 0.3 is 0 Å². The van der Waals surface area contributed by atoms with Crippen LogP contribution in [0.4, 0.5) is 17.5 Å². The lowest BCUT2D eigenvalue weighted by Gasteiger charge is -2.33. The number of hydrogen-bond acceptors (Lipinski definition) is 10. The molecule has 2 aromatic rings. The second-order valence-electron chi connectivity index (χ2n) is 13.2. The molecule has 3 unspecified atom stereocenters. The molecular formula is C31H39N7O2S2. The Bertz CT molecular complexity index is 1410. The number of aromatic nitrogens is 2. The highest BCUT2D eigenvalue weighted by atomic mass is 32.2. The molecule has 3 saturated carbocycles. The van der Waals surface area contributed by atoms with Crippen molar-refractivity contribution in [2.24, 2.45) is 22.7 Å². The largest absolute Gasteiger partial charge is 0.370 e. The minimum atomic E-state index is -0.421. The average Bonchev–Trinajstić information content (AvgIpc) is 3.93. The monoisotopic (exact) mass is 605 g/mol. The van der Waals surface area contributed by atoms with Crippen molar-refractivity contribution in [1.82, 2.24) is 20.1 Å². The van der Waals surface area contributed by atoms with Crippen molar-refractivity contribution < 1.29 is 9.53 Å². The van der Waals surface area contributed by atoms with Crippen LogP contribution in [0.3, 0.4) is 0 Å². The van der Waals surface area contributed by atoms with Gasteiger partial charge in [-0.15, -0.1) is 0 Å². The van der Waals surface area contributed by atoms with Gasteiger partial charge < -0.3 is 15.0 Å². The Hall–Kier alpha value is -2.47.